The van der Waals surface area contributed by atoms with Crippen molar-refractivity contribution in [1.29, 1.82) is 0 Å². The summed E-state index contributed by atoms with van der Waals surface area (Å²) in [5.74, 6) is -0.283. The van der Waals surface area contributed by atoms with Gasteiger partial charge in [-0.1, -0.05) is 11.6 Å². The smallest absolute Gasteiger partial charge is 0.251 e. The zero-order chi connectivity index (χ0) is 12.3. The van der Waals surface area contributed by atoms with Crippen LogP contribution in [0.1, 0.15) is 16.8 Å². The molecule has 1 aromatic rings. The van der Waals surface area contributed by atoms with Crippen LogP contribution in [0.5, 0.6) is 0 Å². The molecule has 0 unspecified atom stereocenters. The molecule has 5 heteroatoms. The van der Waals surface area contributed by atoms with E-state index in [1.165, 1.54) is 0 Å². The molecule has 0 spiro atoms. The summed E-state index contributed by atoms with van der Waals surface area (Å²) in [6.07, 6.45) is 1.05. The van der Waals surface area contributed by atoms with Crippen molar-refractivity contribution < 1.29 is 9.59 Å². The van der Waals surface area contributed by atoms with E-state index < -0.39 is 0 Å². The van der Waals surface area contributed by atoms with Gasteiger partial charge in [0.05, 0.1) is 6.54 Å². The van der Waals surface area contributed by atoms with Crippen LogP contribution >= 0.6 is 11.6 Å². The zero-order valence-corrected chi connectivity index (χ0v) is 10.0. The average molecular weight is 253 g/mol. The van der Waals surface area contributed by atoms with E-state index in [9.17, 15) is 9.59 Å². The molecule has 1 fully saturated rings. The van der Waals surface area contributed by atoms with Gasteiger partial charge in [-0.2, -0.15) is 0 Å². The Bertz CT molecular complexity index is 427. The Labute approximate surface area is 105 Å². The Morgan fingerprint density at radius 2 is 1.88 bits per heavy atom. The lowest BCUT2D eigenvalue weighted by atomic mass is 10.2. The van der Waals surface area contributed by atoms with Crippen molar-refractivity contribution in [1.82, 2.24) is 10.2 Å². The molecule has 90 valence electrons. The molecule has 1 N–H and O–H groups in total. The summed E-state index contributed by atoms with van der Waals surface area (Å²) in [6.45, 7) is 1.66. The molecule has 0 aliphatic carbocycles. The predicted molar refractivity (Wildman–Crippen MR) is 65.0 cm³/mol. The van der Waals surface area contributed by atoms with Crippen molar-refractivity contribution in [3.63, 3.8) is 0 Å². The Kier molecular flexibility index (Phi) is 3.64. The number of rotatable bonds is 3. The number of likely N-dealkylation sites (tertiary alicyclic amines) is 1. The highest BCUT2D eigenvalue weighted by atomic mass is 35.5. The summed E-state index contributed by atoms with van der Waals surface area (Å²) in [4.78, 5) is 24.9. The van der Waals surface area contributed by atoms with Crippen LogP contribution in [-0.4, -0.2) is 36.3 Å². The van der Waals surface area contributed by atoms with Crippen LogP contribution in [0.3, 0.4) is 0 Å². The highest BCUT2D eigenvalue weighted by molar-refractivity contribution is 6.30. The molecule has 1 aliphatic heterocycles. The molecular weight excluding hydrogens is 240 g/mol. The first-order chi connectivity index (χ1) is 8.16. The van der Waals surface area contributed by atoms with E-state index in [4.69, 9.17) is 11.6 Å². The van der Waals surface area contributed by atoms with Crippen LogP contribution < -0.4 is 5.32 Å². The normalized spacial score (nSPS) is 14.1. The van der Waals surface area contributed by atoms with Crippen molar-refractivity contribution in [2.24, 2.45) is 0 Å². The standard InChI is InChI=1S/C12H13ClN2O2/c13-10-4-2-9(3-5-10)12(17)14-8-11(16)15-6-1-7-15/h2-5H,1,6-8H2,(H,14,17). The lowest BCUT2D eigenvalue weighted by Gasteiger charge is -2.30. The van der Waals surface area contributed by atoms with Gasteiger partial charge in [-0.25, -0.2) is 0 Å². The van der Waals surface area contributed by atoms with E-state index in [1.807, 2.05) is 0 Å². The van der Waals surface area contributed by atoms with Crippen LogP contribution in [-0.2, 0) is 4.79 Å². The molecule has 1 saturated heterocycles. The second-order valence-corrected chi connectivity index (χ2v) is 4.36. The van der Waals surface area contributed by atoms with Crippen LogP contribution in [0.25, 0.3) is 0 Å². The number of nitrogens with zero attached hydrogens (tertiary/aromatic N) is 1. The molecule has 1 aromatic carbocycles. The number of hydrogen-bond donors (Lipinski definition) is 1. The van der Waals surface area contributed by atoms with Crippen molar-refractivity contribution in [2.45, 2.75) is 6.42 Å². The quantitative estimate of drug-likeness (QED) is 0.882. The summed E-state index contributed by atoms with van der Waals surface area (Å²) in [5.41, 5.74) is 0.505. The summed E-state index contributed by atoms with van der Waals surface area (Å²) in [6, 6.07) is 6.55. The van der Waals surface area contributed by atoms with E-state index in [0.29, 0.717) is 10.6 Å². The largest absolute Gasteiger partial charge is 0.343 e. The molecule has 0 saturated carbocycles. The highest BCUT2D eigenvalue weighted by Crippen LogP contribution is 2.09. The monoisotopic (exact) mass is 252 g/mol. The summed E-state index contributed by atoms with van der Waals surface area (Å²) in [5, 5.41) is 3.18. The molecule has 17 heavy (non-hydrogen) atoms. The van der Waals surface area contributed by atoms with Gasteiger partial charge in [0.15, 0.2) is 0 Å². The Hall–Kier alpha value is -1.55. The Morgan fingerprint density at radius 3 is 2.41 bits per heavy atom. The van der Waals surface area contributed by atoms with Gasteiger partial charge in [0.2, 0.25) is 5.91 Å². The molecule has 4 nitrogen and oxygen atoms in total. The maximum absolute atomic E-state index is 11.7. The van der Waals surface area contributed by atoms with Crippen LogP contribution in [0.4, 0.5) is 0 Å². The first-order valence-electron chi connectivity index (χ1n) is 5.48. The third kappa shape index (κ3) is 2.97. The minimum atomic E-state index is -0.254. The molecule has 2 amide bonds. The second-order valence-electron chi connectivity index (χ2n) is 3.92. The van der Waals surface area contributed by atoms with Gasteiger partial charge in [0.1, 0.15) is 0 Å². The molecule has 1 heterocycles. The summed E-state index contributed by atoms with van der Waals surface area (Å²) in [7, 11) is 0. The van der Waals surface area contributed by atoms with E-state index >= 15 is 0 Å². The lowest BCUT2D eigenvalue weighted by Crippen LogP contribution is -2.47. The SMILES string of the molecule is O=C(NCC(=O)N1CCC1)c1ccc(Cl)cc1. The number of carbonyl (C=O) groups is 2. The van der Waals surface area contributed by atoms with Gasteiger partial charge in [0.25, 0.3) is 5.91 Å². The van der Waals surface area contributed by atoms with Gasteiger partial charge >= 0.3 is 0 Å². The van der Waals surface area contributed by atoms with Crippen LogP contribution in [0.15, 0.2) is 24.3 Å². The Balaban J connectivity index is 1.84. The van der Waals surface area contributed by atoms with E-state index in [2.05, 4.69) is 5.32 Å². The van der Waals surface area contributed by atoms with Crippen molar-refractivity contribution in [3.8, 4) is 0 Å². The van der Waals surface area contributed by atoms with Gasteiger partial charge < -0.3 is 10.2 Å². The molecule has 0 radical (unpaired) electrons. The van der Waals surface area contributed by atoms with Crippen molar-refractivity contribution >= 4 is 23.4 Å². The average Bonchev–Trinajstić information content (AvgIpc) is 2.24. The molecule has 0 bridgehead atoms. The van der Waals surface area contributed by atoms with Crippen molar-refractivity contribution in [2.75, 3.05) is 19.6 Å². The van der Waals surface area contributed by atoms with Crippen LogP contribution in [0.2, 0.25) is 5.02 Å². The lowest BCUT2D eigenvalue weighted by molar-refractivity contribution is -0.133. The molecule has 0 atom stereocenters. The number of hydrogen-bond acceptors (Lipinski definition) is 2. The summed E-state index contributed by atoms with van der Waals surface area (Å²) >= 11 is 5.72. The third-order valence-electron chi connectivity index (χ3n) is 2.72. The van der Waals surface area contributed by atoms with Gasteiger partial charge in [0, 0.05) is 23.7 Å². The molecule has 2 rings (SSSR count). The molecular formula is C12H13ClN2O2. The van der Waals surface area contributed by atoms with Gasteiger partial charge in [-0.3, -0.25) is 9.59 Å². The first kappa shape index (κ1) is 11.9. The van der Waals surface area contributed by atoms with Crippen molar-refractivity contribution in [3.05, 3.63) is 34.9 Å². The second kappa shape index (κ2) is 5.19. The molecule has 1 aliphatic rings. The number of carbonyl (C=O) groups excluding carboxylic acids is 2. The maximum Gasteiger partial charge on any atom is 0.251 e. The fourth-order valence-corrected chi connectivity index (χ4v) is 1.66. The van der Waals surface area contributed by atoms with E-state index in [1.54, 1.807) is 29.2 Å². The molecule has 0 aromatic heterocycles. The topological polar surface area (TPSA) is 49.4 Å². The maximum atomic E-state index is 11.7. The van der Waals surface area contributed by atoms with E-state index in [-0.39, 0.29) is 18.4 Å². The number of benzene rings is 1. The fourth-order valence-electron chi connectivity index (χ4n) is 1.54. The highest BCUT2D eigenvalue weighted by Gasteiger charge is 2.20. The number of nitrogens with one attached hydrogen (secondary N) is 1. The number of halogens is 1. The van der Waals surface area contributed by atoms with Gasteiger partial charge in [-0.15, -0.1) is 0 Å². The number of amides is 2. The zero-order valence-electron chi connectivity index (χ0n) is 9.28. The predicted octanol–water partition coefficient (Wildman–Crippen LogP) is 1.30. The first-order valence-corrected chi connectivity index (χ1v) is 5.86. The Morgan fingerprint density at radius 1 is 1.24 bits per heavy atom. The third-order valence-corrected chi connectivity index (χ3v) is 2.97. The van der Waals surface area contributed by atoms with Gasteiger partial charge in [-0.05, 0) is 30.7 Å². The van der Waals surface area contributed by atoms with E-state index in [0.717, 1.165) is 19.5 Å². The minimum absolute atomic E-state index is 0.0291. The fraction of sp³-hybridized carbons (Fsp3) is 0.333. The van der Waals surface area contributed by atoms with Crippen LogP contribution in [0, 0.1) is 0 Å². The minimum Gasteiger partial charge on any atom is -0.343 e. The summed E-state index contributed by atoms with van der Waals surface area (Å²) < 4.78 is 0.